The maximum Gasteiger partial charge on any atom is 0.274 e. The summed E-state index contributed by atoms with van der Waals surface area (Å²) in [5, 5.41) is 5.67. The number of hydrogen-bond acceptors (Lipinski definition) is 7. The first kappa shape index (κ1) is 28.7. The van der Waals surface area contributed by atoms with E-state index in [1.54, 1.807) is 12.3 Å². The minimum Gasteiger partial charge on any atom is -0.368 e. The fourth-order valence-electron chi connectivity index (χ4n) is 6.81. The average Bonchev–Trinajstić information content (AvgIpc) is 3.76. The quantitative estimate of drug-likeness (QED) is 0.254. The van der Waals surface area contributed by atoms with Crippen LogP contribution >= 0.6 is 11.3 Å². The molecule has 2 aliphatic carbocycles. The molecule has 0 radical (unpaired) electrons. The molecule has 2 unspecified atom stereocenters. The molecule has 1 saturated heterocycles. The molecule has 4 aromatic rings. The lowest BCUT2D eigenvalue weighted by Crippen LogP contribution is -2.46. The maximum absolute atomic E-state index is 15.9. The number of likely N-dealkylation sites (N-methyl/N-ethyl adjacent to an activating group) is 1. The van der Waals surface area contributed by atoms with Crippen molar-refractivity contribution in [3.63, 3.8) is 0 Å². The molecular formula is C33H34F2N6O2S. The standard InChI is InChI=1S/C33H34F2N6O2S/c1-3-40-10-12-41(13-11-40)22-6-9-28(36-17-22)37-26-15-21(18-39(2)33(26)43)29-24(34)7-8-25(30(29)35)38-32(42)27-16-23-19-4-5-20(14-19)31(23)44-27/h6-9,15-20H,3-5,10-14H2,1-2H3,(H,36,37)(H,38,42). The number of carbonyl (C=O) groups excluding carboxylic acids is 1. The van der Waals surface area contributed by atoms with Crippen LogP contribution in [0.1, 0.15) is 58.1 Å². The third-order valence-electron chi connectivity index (χ3n) is 9.26. The van der Waals surface area contributed by atoms with E-state index in [-0.39, 0.29) is 28.1 Å². The van der Waals surface area contributed by atoms with Crippen molar-refractivity contribution in [3.05, 3.63) is 86.1 Å². The van der Waals surface area contributed by atoms with Crippen molar-refractivity contribution in [2.24, 2.45) is 7.05 Å². The van der Waals surface area contributed by atoms with Gasteiger partial charge in [-0.1, -0.05) is 6.92 Å². The Morgan fingerprint density at radius 3 is 2.57 bits per heavy atom. The maximum atomic E-state index is 15.9. The molecule has 3 aromatic heterocycles. The second kappa shape index (κ2) is 11.4. The number of rotatable bonds is 7. The fraction of sp³-hybridized carbons (Fsp3) is 0.364. The number of fused-ring (bicyclic) bond motifs is 5. The summed E-state index contributed by atoms with van der Waals surface area (Å²) in [4.78, 5) is 37.1. The number of thiophene rings is 1. The van der Waals surface area contributed by atoms with E-state index in [9.17, 15) is 9.59 Å². The van der Waals surface area contributed by atoms with Gasteiger partial charge in [0.05, 0.1) is 28.0 Å². The molecule has 2 bridgehead atoms. The topological polar surface area (TPSA) is 82.5 Å². The molecule has 4 heterocycles. The van der Waals surface area contributed by atoms with Crippen LogP contribution in [0.15, 0.2) is 53.6 Å². The van der Waals surface area contributed by atoms with Gasteiger partial charge in [0.25, 0.3) is 11.5 Å². The van der Waals surface area contributed by atoms with E-state index in [1.807, 2.05) is 12.1 Å². The Morgan fingerprint density at radius 2 is 1.84 bits per heavy atom. The highest BCUT2D eigenvalue weighted by Gasteiger charge is 2.39. The summed E-state index contributed by atoms with van der Waals surface area (Å²) in [5.74, 6) is -0.638. The highest BCUT2D eigenvalue weighted by atomic mass is 32.1. The molecule has 1 amide bonds. The summed E-state index contributed by atoms with van der Waals surface area (Å²) in [6.07, 6.45) is 6.61. The Labute approximate surface area is 258 Å². The van der Waals surface area contributed by atoms with Crippen LogP contribution in [0.4, 0.5) is 31.7 Å². The molecule has 7 rings (SSSR count). The van der Waals surface area contributed by atoms with Crippen molar-refractivity contribution >= 4 is 40.1 Å². The average molecular weight is 617 g/mol. The Hall–Kier alpha value is -4.09. The minimum absolute atomic E-state index is 0.122. The van der Waals surface area contributed by atoms with E-state index in [1.165, 1.54) is 51.7 Å². The molecule has 44 heavy (non-hydrogen) atoms. The number of carbonyl (C=O) groups is 1. The van der Waals surface area contributed by atoms with Crippen LogP contribution in [-0.2, 0) is 7.05 Å². The number of amides is 1. The molecule has 1 saturated carbocycles. The van der Waals surface area contributed by atoms with Crippen LogP contribution in [0.25, 0.3) is 11.1 Å². The highest BCUT2D eigenvalue weighted by molar-refractivity contribution is 7.14. The Balaban J connectivity index is 1.12. The van der Waals surface area contributed by atoms with Gasteiger partial charge >= 0.3 is 0 Å². The van der Waals surface area contributed by atoms with Gasteiger partial charge in [0.1, 0.15) is 17.3 Å². The predicted octanol–water partition coefficient (Wildman–Crippen LogP) is 6.29. The third-order valence-corrected chi connectivity index (χ3v) is 10.6. The number of piperazine rings is 1. The van der Waals surface area contributed by atoms with E-state index >= 15 is 8.78 Å². The zero-order valence-electron chi connectivity index (χ0n) is 24.7. The van der Waals surface area contributed by atoms with Crippen molar-refractivity contribution in [1.82, 2.24) is 14.5 Å². The van der Waals surface area contributed by atoms with Gasteiger partial charge in [-0.15, -0.1) is 11.3 Å². The molecule has 1 aromatic carbocycles. The number of nitrogens with one attached hydrogen (secondary N) is 2. The molecule has 2 atom stereocenters. The van der Waals surface area contributed by atoms with Crippen molar-refractivity contribution < 1.29 is 13.6 Å². The monoisotopic (exact) mass is 616 g/mol. The Morgan fingerprint density at radius 1 is 1.05 bits per heavy atom. The van der Waals surface area contributed by atoms with Gasteiger partial charge in [-0.2, -0.15) is 0 Å². The molecule has 228 valence electrons. The lowest BCUT2D eigenvalue weighted by Gasteiger charge is -2.35. The minimum atomic E-state index is -0.905. The van der Waals surface area contributed by atoms with Gasteiger partial charge in [0.2, 0.25) is 0 Å². The Kier molecular flexibility index (Phi) is 7.45. The molecule has 8 nitrogen and oxygen atoms in total. The Bertz CT molecular complexity index is 1770. The third kappa shape index (κ3) is 5.17. The first-order chi connectivity index (χ1) is 21.3. The van der Waals surface area contributed by atoms with Gasteiger partial charge < -0.3 is 25.0 Å². The smallest absolute Gasteiger partial charge is 0.274 e. The lowest BCUT2D eigenvalue weighted by molar-refractivity contribution is 0.103. The zero-order chi connectivity index (χ0) is 30.5. The molecular weight excluding hydrogens is 582 g/mol. The lowest BCUT2D eigenvalue weighted by atomic mass is 9.99. The number of hydrogen-bond donors (Lipinski definition) is 2. The fourth-order valence-corrected chi connectivity index (χ4v) is 8.10. The number of aryl methyl sites for hydroxylation is 1. The summed E-state index contributed by atoms with van der Waals surface area (Å²) in [5.41, 5.74) is 1.69. The molecule has 1 aliphatic heterocycles. The zero-order valence-corrected chi connectivity index (χ0v) is 25.5. The van der Waals surface area contributed by atoms with E-state index < -0.39 is 17.5 Å². The second-order valence-electron chi connectivity index (χ2n) is 11.9. The molecule has 11 heteroatoms. The van der Waals surface area contributed by atoms with Gasteiger partial charge in [-0.3, -0.25) is 9.59 Å². The summed E-state index contributed by atoms with van der Waals surface area (Å²) in [6, 6.07) is 9.43. The van der Waals surface area contributed by atoms with Crippen molar-refractivity contribution in [2.75, 3.05) is 48.3 Å². The number of anilines is 4. The molecule has 3 aliphatic rings. The van der Waals surface area contributed by atoms with Crippen LogP contribution in [-0.4, -0.2) is 53.1 Å². The van der Waals surface area contributed by atoms with Gasteiger partial charge in [-0.05, 0) is 79.6 Å². The number of halogens is 2. The van der Waals surface area contributed by atoms with Gasteiger partial charge in [0.15, 0.2) is 5.82 Å². The summed E-state index contributed by atoms with van der Waals surface area (Å²) in [7, 11) is 1.52. The number of benzene rings is 1. The highest BCUT2D eigenvalue weighted by Crippen LogP contribution is 2.56. The molecule has 2 N–H and O–H groups in total. The summed E-state index contributed by atoms with van der Waals surface area (Å²) in [6.45, 7) is 7.01. The predicted molar refractivity (Wildman–Crippen MR) is 170 cm³/mol. The van der Waals surface area contributed by atoms with E-state index in [2.05, 4.69) is 32.3 Å². The van der Waals surface area contributed by atoms with E-state index in [0.29, 0.717) is 22.5 Å². The van der Waals surface area contributed by atoms with E-state index in [0.717, 1.165) is 63.7 Å². The number of nitrogens with zero attached hydrogens (tertiary/aromatic N) is 4. The first-order valence-electron chi connectivity index (χ1n) is 15.1. The number of pyridine rings is 2. The summed E-state index contributed by atoms with van der Waals surface area (Å²) >= 11 is 1.47. The van der Waals surface area contributed by atoms with Crippen molar-refractivity contribution in [1.29, 1.82) is 0 Å². The van der Waals surface area contributed by atoms with E-state index in [4.69, 9.17) is 0 Å². The number of aromatic nitrogens is 2. The SMILES string of the molecule is CCN1CCN(c2ccc(Nc3cc(-c4c(F)ccc(NC(=O)c5cc6c(s5)C5CCC6C5)c4F)cn(C)c3=O)nc2)CC1. The van der Waals surface area contributed by atoms with Crippen LogP contribution < -0.4 is 21.1 Å². The molecule has 0 spiro atoms. The molecule has 2 fully saturated rings. The second-order valence-corrected chi connectivity index (χ2v) is 13.0. The largest absolute Gasteiger partial charge is 0.368 e. The van der Waals surface area contributed by atoms with Gasteiger partial charge in [0, 0.05) is 49.9 Å². The van der Waals surface area contributed by atoms with Crippen LogP contribution in [0.2, 0.25) is 0 Å². The summed E-state index contributed by atoms with van der Waals surface area (Å²) < 4.78 is 32.3. The van der Waals surface area contributed by atoms with Crippen LogP contribution in [0.5, 0.6) is 0 Å². The van der Waals surface area contributed by atoms with Crippen molar-refractivity contribution in [3.8, 4) is 11.1 Å². The van der Waals surface area contributed by atoms with Crippen LogP contribution in [0.3, 0.4) is 0 Å². The normalized spacial score (nSPS) is 19.3. The van der Waals surface area contributed by atoms with Crippen molar-refractivity contribution in [2.45, 2.75) is 38.0 Å². The van der Waals surface area contributed by atoms with Crippen LogP contribution in [0, 0.1) is 11.6 Å². The van der Waals surface area contributed by atoms with Gasteiger partial charge in [-0.25, -0.2) is 13.8 Å². The first-order valence-corrected chi connectivity index (χ1v) is 15.9.